The van der Waals surface area contributed by atoms with Crippen LogP contribution < -0.4 is 0 Å². The molecule has 2 amide bonds. The summed E-state index contributed by atoms with van der Waals surface area (Å²) in [5, 5.41) is 8.75. The van der Waals surface area contributed by atoms with Crippen molar-refractivity contribution >= 4 is 17.8 Å². The molecule has 0 rings (SSSR count). The highest BCUT2D eigenvalue weighted by molar-refractivity contribution is 5.86. The van der Waals surface area contributed by atoms with E-state index in [2.05, 4.69) is 0 Å². The minimum absolute atomic E-state index is 0.0563. The summed E-state index contributed by atoms with van der Waals surface area (Å²) in [4.78, 5) is 37.3. The van der Waals surface area contributed by atoms with Crippen molar-refractivity contribution in [2.24, 2.45) is 0 Å². The van der Waals surface area contributed by atoms with Crippen LogP contribution in [-0.4, -0.2) is 58.4 Å². The molecule has 0 atom stereocenters. The van der Waals surface area contributed by atoms with E-state index in [9.17, 15) is 14.4 Å². The highest BCUT2D eigenvalue weighted by Crippen LogP contribution is 2.05. The number of rotatable bonds is 8. The Morgan fingerprint density at radius 1 is 1.00 bits per heavy atom. The van der Waals surface area contributed by atoms with E-state index in [0.717, 1.165) is 0 Å². The van der Waals surface area contributed by atoms with Gasteiger partial charge in [-0.25, -0.2) is 0 Å². The fraction of sp³-hybridized carbons (Fsp3) is 0.769. The maximum atomic E-state index is 11.9. The van der Waals surface area contributed by atoms with Crippen LogP contribution in [0.1, 0.15) is 40.5 Å². The molecule has 1 N–H and O–H groups in total. The maximum absolute atomic E-state index is 11.9. The van der Waals surface area contributed by atoms with Crippen LogP contribution in [0.3, 0.4) is 0 Å². The Morgan fingerprint density at radius 3 is 1.84 bits per heavy atom. The van der Waals surface area contributed by atoms with E-state index in [4.69, 9.17) is 5.11 Å². The zero-order valence-corrected chi connectivity index (χ0v) is 12.2. The molecule has 0 aromatic carbocycles. The first-order valence-corrected chi connectivity index (χ1v) is 6.62. The maximum Gasteiger partial charge on any atom is 0.323 e. The fourth-order valence-electron chi connectivity index (χ4n) is 1.80. The number of aliphatic carboxylic acids is 1. The Bertz CT molecular complexity index is 325. The van der Waals surface area contributed by atoms with Crippen LogP contribution in [-0.2, 0) is 14.4 Å². The summed E-state index contributed by atoms with van der Waals surface area (Å²) >= 11 is 0. The van der Waals surface area contributed by atoms with Gasteiger partial charge in [0.2, 0.25) is 11.8 Å². The van der Waals surface area contributed by atoms with E-state index in [0.29, 0.717) is 13.1 Å². The lowest BCUT2D eigenvalue weighted by atomic mass is 10.2. The van der Waals surface area contributed by atoms with Gasteiger partial charge in [-0.1, -0.05) is 0 Å². The summed E-state index contributed by atoms with van der Waals surface area (Å²) < 4.78 is 0. The Hall–Kier alpha value is -1.59. The van der Waals surface area contributed by atoms with Gasteiger partial charge >= 0.3 is 5.97 Å². The van der Waals surface area contributed by atoms with Crippen molar-refractivity contribution in [3.05, 3.63) is 0 Å². The Balaban J connectivity index is 4.41. The number of hydrogen-bond donors (Lipinski definition) is 1. The third kappa shape index (κ3) is 6.22. The second-order valence-corrected chi connectivity index (χ2v) is 4.58. The molecule has 19 heavy (non-hydrogen) atoms. The molecule has 0 aliphatic rings. The van der Waals surface area contributed by atoms with Crippen LogP contribution in [0.25, 0.3) is 0 Å². The van der Waals surface area contributed by atoms with Crippen molar-refractivity contribution in [3.63, 3.8) is 0 Å². The van der Waals surface area contributed by atoms with Crippen LogP contribution in [0.15, 0.2) is 0 Å². The van der Waals surface area contributed by atoms with Gasteiger partial charge in [0.15, 0.2) is 0 Å². The number of nitrogens with zero attached hydrogens (tertiary/aromatic N) is 2. The molecule has 110 valence electrons. The lowest BCUT2D eigenvalue weighted by Gasteiger charge is -2.25. The number of carbonyl (C=O) groups excluding carboxylic acids is 2. The molecule has 0 aliphatic heterocycles. The Kier molecular flexibility index (Phi) is 7.79. The molecular formula is C13H24N2O4. The quantitative estimate of drug-likeness (QED) is 0.714. The van der Waals surface area contributed by atoms with Gasteiger partial charge in [-0.2, -0.15) is 0 Å². The molecule has 0 unspecified atom stereocenters. The highest BCUT2D eigenvalue weighted by atomic mass is 16.4. The van der Waals surface area contributed by atoms with E-state index in [1.54, 1.807) is 18.7 Å². The van der Waals surface area contributed by atoms with Crippen molar-refractivity contribution in [2.75, 3.05) is 19.6 Å². The van der Waals surface area contributed by atoms with Gasteiger partial charge in [-0.3, -0.25) is 14.4 Å². The zero-order chi connectivity index (χ0) is 15.0. The minimum atomic E-state index is -1.04. The van der Waals surface area contributed by atoms with Crippen molar-refractivity contribution in [3.8, 4) is 0 Å². The zero-order valence-electron chi connectivity index (χ0n) is 12.2. The average molecular weight is 272 g/mol. The normalized spacial score (nSPS) is 10.4. The third-order valence-corrected chi connectivity index (χ3v) is 2.92. The van der Waals surface area contributed by atoms with Gasteiger partial charge in [0, 0.05) is 32.0 Å². The van der Waals surface area contributed by atoms with Crippen molar-refractivity contribution in [1.29, 1.82) is 0 Å². The lowest BCUT2D eigenvalue weighted by molar-refractivity contribution is -0.146. The Labute approximate surface area is 114 Å². The number of carboxylic acid groups (broad SMARTS) is 1. The SMILES string of the molecule is CCN(CC)C(=O)CCC(=O)N(CC(=O)O)C(C)C. The summed E-state index contributed by atoms with van der Waals surface area (Å²) in [7, 11) is 0. The van der Waals surface area contributed by atoms with Crippen molar-refractivity contribution in [2.45, 2.75) is 46.6 Å². The second-order valence-electron chi connectivity index (χ2n) is 4.58. The van der Waals surface area contributed by atoms with E-state index in [1.165, 1.54) is 4.90 Å². The second kappa shape index (κ2) is 8.50. The topological polar surface area (TPSA) is 77.9 Å². The molecule has 6 heteroatoms. The van der Waals surface area contributed by atoms with E-state index >= 15 is 0 Å². The summed E-state index contributed by atoms with van der Waals surface area (Å²) in [6.45, 7) is 8.19. The van der Waals surface area contributed by atoms with Crippen LogP contribution >= 0.6 is 0 Å². The Morgan fingerprint density at radius 2 is 1.47 bits per heavy atom. The van der Waals surface area contributed by atoms with Crippen molar-refractivity contribution < 1.29 is 19.5 Å². The summed E-state index contributed by atoms with van der Waals surface area (Å²) in [5.41, 5.74) is 0. The molecule has 0 aromatic heterocycles. The van der Waals surface area contributed by atoms with Crippen LogP contribution in [0.2, 0.25) is 0 Å². The standard InChI is InChI=1S/C13H24N2O4/c1-5-14(6-2)11(16)7-8-12(17)15(10(3)4)9-13(18)19/h10H,5-9H2,1-4H3,(H,18,19). The van der Waals surface area contributed by atoms with Gasteiger partial charge in [0.25, 0.3) is 0 Å². The average Bonchev–Trinajstić information content (AvgIpc) is 2.34. The van der Waals surface area contributed by atoms with Gasteiger partial charge in [-0.15, -0.1) is 0 Å². The number of hydrogen-bond acceptors (Lipinski definition) is 3. The van der Waals surface area contributed by atoms with Crippen LogP contribution in [0, 0.1) is 0 Å². The van der Waals surface area contributed by atoms with Gasteiger partial charge in [0.1, 0.15) is 6.54 Å². The molecule has 0 radical (unpaired) electrons. The summed E-state index contributed by atoms with van der Waals surface area (Å²) in [6.07, 6.45) is 0.185. The molecule has 0 aromatic rings. The first kappa shape index (κ1) is 17.4. The van der Waals surface area contributed by atoms with Gasteiger partial charge in [0.05, 0.1) is 0 Å². The number of carboxylic acids is 1. The van der Waals surface area contributed by atoms with Gasteiger partial charge < -0.3 is 14.9 Å². The predicted molar refractivity (Wildman–Crippen MR) is 71.6 cm³/mol. The monoisotopic (exact) mass is 272 g/mol. The largest absolute Gasteiger partial charge is 0.480 e. The van der Waals surface area contributed by atoms with E-state index in [1.807, 2.05) is 13.8 Å². The predicted octanol–water partition coefficient (Wildman–Crippen LogP) is 0.957. The first-order valence-electron chi connectivity index (χ1n) is 6.62. The number of carbonyl (C=O) groups is 3. The summed E-state index contributed by atoms with van der Waals surface area (Å²) in [5.74, 6) is -1.41. The summed E-state index contributed by atoms with van der Waals surface area (Å²) in [6, 6.07) is -0.188. The molecule has 0 fully saturated rings. The first-order chi connectivity index (χ1) is 8.83. The molecule has 0 heterocycles. The van der Waals surface area contributed by atoms with E-state index in [-0.39, 0.29) is 37.2 Å². The molecule has 0 bridgehead atoms. The number of amides is 2. The van der Waals surface area contributed by atoms with Crippen molar-refractivity contribution in [1.82, 2.24) is 9.80 Å². The van der Waals surface area contributed by atoms with Crippen LogP contribution in [0.4, 0.5) is 0 Å². The lowest BCUT2D eigenvalue weighted by Crippen LogP contribution is -2.41. The molecule has 0 aliphatic carbocycles. The molecule has 0 spiro atoms. The van der Waals surface area contributed by atoms with Gasteiger partial charge in [-0.05, 0) is 27.7 Å². The molecular weight excluding hydrogens is 248 g/mol. The minimum Gasteiger partial charge on any atom is -0.480 e. The smallest absolute Gasteiger partial charge is 0.323 e. The molecule has 6 nitrogen and oxygen atoms in total. The molecule has 0 saturated heterocycles. The molecule has 0 saturated carbocycles. The fourth-order valence-corrected chi connectivity index (χ4v) is 1.80. The highest BCUT2D eigenvalue weighted by Gasteiger charge is 2.21. The van der Waals surface area contributed by atoms with E-state index < -0.39 is 5.97 Å². The third-order valence-electron chi connectivity index (χ3n) is 2.92. The van der Waals surface area contributed by atoms with Crippen LogP contribution in [0.5, 0.6) is 0 Å².